The summed E-state index contributed by atoms with van der Waals surface area (Å²) in [6.07, 6.45) is 0. The van der Waals surface area contributed by atoms with Crippen molar-refractivity contribution < 1.29 is 0 Å². The van der Waals surface area contributed by atoms with Crippen LogP contribution in [0.3, 0.4) is 0 Å². The van der Waals surface area contributed by atoms with E-state index in [4.69, 9.17) is 0 Å². The van der Waals surface area contributed by atoms with Crippen LogP contribution in [-0.4, -0.2) is 21.8 Å². The normalized spacial score (nSPS) is 12.0. The average Bonchev–Trinajstić information content (AvgIpc) is 4.08. The van der Waals surface area contributed by atoms with Crippen LogP contribution in [0.2, 0.25) is 0 Å². The predicted molar refractivity (Wildman–Crippen MR) is 299 cm³/mol. The lowest BCUT2D eigenvalue weighted by molar-refractivity contribution is 1.17. The predicted octanol–water partition coefficient (Wildman–Crippen LogP) is 14.0. The minimum absolute atomic E-state index is 1.14. The fourth-order valence-corrected chi connectivity index (χ4v) is 16.6. The van der Waals surface area contributed by atoms with Crippen molar-refractivity contribution in [3.05, 3.63) is 273 Å². The lowest BCUT2D eigenvalue weighted by Crippen LogP contribution is -2.74. The smallest absolute Gasteiger partial charge is 0.179 e. The highest BCUT2D eigenvalue weighted by Gasteiger charge is 2.41. The molecule has 0 saturated heterocycles. The van der Waals surface area contributed by atoms with Crippen molar-refractivity contribution in [1.29, 1.82) is 0 Å². The van der Waals surface area contributed by atoms with Gasteiger partial charge in [0.2, 0.25) is 0 Å². The first-order valence-electron chi connectivity index (χ1n) is 24.2. The van der Waals surface area contributed by atoms with Gasteiger partial charge in [-0.1, -0.05) is 200 Å². The molecule has 0 fully saturated rings. The van der Waals surface area contributed by atoms with E-state index in [2.05, 4.69) is 287 Å². The summed E-state index contributed by atoms with van der Waals surface area (Å²) in [7, 11) is -2.76. The molecule has 3 nitrogen and oxygen atoms in total. The summed E-state index contributed by atoms with van der Waals surface area (Å²) >= 11 is 0. The van der Waals surface area contributed by atoms with E-state index in [0.29, 0.717) is 0 Å². The quantitative estimate of drug-likeness (QED) is 0.107. The van der Waals surface area contributed by atoms with Gasteiger partial charge in [-0.15, -0.1) is 0 Å². The van der Waals surface area contributed by atoms with Crippen LogP contribution < -0.4 is 20.7 Å². The largest absolute Gasteiger partial charge is 0.309 e. The van der Waals surface area contributed by atoms with Crippen molar-refractivity contribution in [1.82, 2.24) is 13.7 Å². The molecule has 0 amide bonds. The number of nitrogens with zero attached hydrogens (tertiary/aromatic N) is 3. The van der Waals surface area contributed by atoms with Gasteiger partial charge in [0.15, 0.2) is 8.07 Å². The van der Waals surface area contributed by atoms with Crippen LogP contribution in [0.25, 0.3) is 93.6 Å². The topological polar surface area (TPSA) is 14.8 Å². The number of benzene rings is 11. The Hall–Kier alpha value is -8.96. The summed E-state index contributed by atoms with van der Waals surface area (Å²) in [5, 5.41) is 12.9. The molecule has 70 heavy (non-hydrogen) atoms. The van der Waals surface area contributed by atoms with E-state index in [9.17, 15) is 0 Å². The Balaban J connectivity index is 0.960. The van der Waals surface area contributed by atoms with E-state index < -0.39 is 8.07 Å². The Morgan fingerprint density at radius 3 is 1.30 bits per heavy atom. The molecule has 0 saturated carbocycles. The molecule has 14 rings (SSSR count). The lowest BCUT2D eigenvalue weighted by Gasteiger charge is -2.34. The molecule has 3 heterocycles. The van der Waals surface area contributed by atoms with Gasteiger partial charge < -0.3 is 13.7 Å². The summed E-state index contributed by atoms with van der Waals surface area (Å²) in [6.45, 7) is 0. The molecule has 14 aromatic rings. The molecule has 0 aliphatic heterocycles. The van der Waals surface area contributed by atoms with Gasteiger partial charge in [0.1, 0.15) is 0 Å². The Kier molecular flexibility index (Phi) is 9.23. The maximum absolute atomic E-state index is 2.76. The van der Waals surface area contributed by atoms with Gasteiger partial charge in [-0.05, 0) is 105 Å². The second-order valence-electron chi connectivity index (χ2n) is 18.4. The average molecular weight is 908 g/mol. The van der Waals surface area contributed by atoms with Gasteiger partial charge in [-0.25, -0.2) is 0 Å². The fourth-order valence-electron chi connectivity index (χ4n) is 11.9. The molecule has 0 aliphatic carbocycles. The minimum atomic E-state index is -2.76. The van der Waals surface area contributed by atoms with Crippen LogP contribution in [0.15, 0.2) is 273 Å². The highest BCUT2D eigenvalue weighted by atomic mass is 28.3. The van der Waals surface area contributed by atoms with Crippen molar-refractivity contribution in [2.24, 2.45) is 0 Å². The summed E-state index contributed by atoms with van der Waals surface area (Å²) in [6, 6.07) is 101. The molecule has 0 radical (unpaired) electrons. The minimum Gasteiger partial charge on any atom is -0.309 e. The van der Waals surface area contributed by atoms with Crippen molar-refractivity contribution in [2.45, 2.75) is 0 Å². The molecule has 4 heteroatoms. The Morgan fingerprint density at radius 2 is 0.657 bits per heavy atom. The second-order valence-corrected chi connectivity index (χ2v) is 22.2. The van der Waals surface area contributed by atoms with Crippen LogP contribution in [-0.2, 0) is 0 Å². The van der Waals surface area contributed by atoms with Crippen molar-refractivity contribution >= 4 is 94.2 Å². The second kappa shape index (κ2) is 16.1. The first-order chi connectivity index (χ1) is 34.8. The zero-order valence-electron chi connectivity index (χ0n) is 38.3. The first kappa shape index (κ1) is 40.1. The highest BCUT2D eigenvalue weighted by Crippen LogP contribution is 2.42. The zero-order valence-corrected chi connectivity index (χ0v) is 39.3. The fraction of sp³-hybridized carbons (Fsp3) is 0. The Bertz CT molecular complexity index is 4180. The van der Waals surface area contributed by atoms with Crippen molar-refractivity contribution in [3.8, 4) is 28.2 Å². The lowest BCUT2D eigenvalue weighted by atomic mass is 9.98. The Labute approximate surface area is 407 Å². The van der Waals surface area contributed by atoms with E-state index in [1.807, 2.05) is 0 Å². The van der Waals surface area contributed by atoms with E-state index >= 15 is 0 Å². The Morgan fingerprint density at radius 1 is 0.229 bits per heavy atom. The highest BCUT2D eigenvalue weighted by molar-refractivity contribution is 7.19. The molecule has 328 valence electrons. The molecular weight excluding hydrogens is 863 g/mol. The zero-order chi connectivity index (χ0) is 46.2. The molecule has 0 N–H and O–H groups in total. The standard InChI is InChI=1S/C66H45N3Si/c1-5-21-47(22-6-1)67-60-35-16-13-31-55(60)57-41-39-46(43-65(57)67)54-34-20-38-64-66(54)58-33-15-18-37-62(58)69(64)49-40-42-63-59(45-49)56-32-14-17-36-61(56)68(63)48-23-19-30-53(44-48)70(50-24-7-2-8-25-50,51-26-9-3-10-27-51)52-28-11-4-12-29-52/h1-45H. The number of aromatic nitrogens is 3. The number of hydrogen-bond donors (Lipinski definition) is 0. The SMILES string of the molecule is c1ccc(-n2c3ccccc3c3ccc(-c4cccc5c4c4ccccc4n5-c4ccc5c(c4)c4ccccc4n5-c4cccc([Si](c5ccccc5)(c5ccccc5)c5ccccc5)c4)cc32)cc1. The molecule has 3 aromatic heterocycles. The number of para-hydroxylation sites is 4. The van der Waals surface area contributed by atoms with E-state index in [0.717, 1.165) is 17.1 Å². The number of fused-ring (bicyclic) bond motifs is 9. The summed E-state index contributed by atoms with van der Waals surface area (Å²) in [5.74, 6) is 0. The van der Waals surface area contributed by atoms with Gasteiger partial charge in [-0.2, -0.15) is 0 Å². The summed E-state index contributed by atoms with van der Waals surface area (Å²) < 4.78 is 7.36. The molecule has 0 atom stereocenters. The van der Waals surface area contributed by atoms with Gasteiger partial charge in [0.25, 0.3) is 0 Å². The van der Waals surface area contributed by atoms with Crippen LogP contribution in [0, 0.1) is 0 Å². The molecule has 0 unspecified atom stereocenters. The summed E-state index contributed by atoms with van der Waals surface area (Å²) in [5.41, 5.74) is 13.0. The summed E-state index contributed by atoms with van der Waals surface area (Å²) in [4.78, 5) is 0. The third kappa shape index (κ3) is 6.00. The van der Waals surface area contributed by atoms with Gasteiger partial charge in [-0.3, -0.25) is 0 Å². The van der Waals surface area contributed by atoms with Gasteiger partial charge >= 0.3 is 0 Å². The van der Waals surface area contributed by atoms with Crippen LogP contribution in [0.5, 0.6) is 0 Å². The number of hydrogen-bond acceptors (Lipinski definition) is 0. The third-order valence-electron chi connectivity index (χ3n) is 14.8. The molecule has 11 aromatic carbocycles. The van der Waals surface area contributed by atoms with Crippen molar-refractivity contribution in [3.63, 3.8) is 0 Å². The number of rotatable bonds is 8. The van der Waals surface area contributed by atoms with Crippen LogP contribution in [0.1, 0.15) is 0 Å². The maximum atomic E-state index is 2.48. The van der Waals surface area contributed by atoms with Crippen molar-refractivity contribution in [2.75, 3.05) is 0 Å². The van der Waals surface area contributed by atoms with Crippen LogP contribution >= 0.6 is 0 Å². The monoisotopic (exact) mass is 907 g/mol. The maximum Gasteiger partial charge on any atom is 0.179 e. The first-order valence-corrected chi connectivity index (χ1v) is 26.2. The molecule has 0 bridgehead atoms. The molecule has 0 spiro atoms. The van der Waals surface area contributed by atoms with Gasteiger partial charge in [0.05, 0.1) is 33.1 Å². The van der Waals surface area contributed by atoms with Crippen LogP contribution in [0.4, 0.5) is 0 Å². The van der Waals surface area contributed by atoms with E-state index in [1.54, 1.807) is 0 Å². The van der Waals surface area contributed by atoms with E-state index in [1.165, 1.54) is 97.3 Å². The molecular formula is C66H45N3Si. The van der Waals surface area contributed by atoms with Gasteiger partial charge in [0, 0.05) is 49.4 Å². The third-order valence-corrected chi connectivity index (χ3v) is 19.5. The molecule has 0 aliphatic rings. The van der Waals surface area contributed by atoms with E-state index in [-0.39, 0.29) is 0 Å².